The summed E-state index contributed by atoms with van der Waals surface area (Å²) < 4.78 is 26.7. The normalized spacial score (nSPS) is 19.7. The van der Waals surface area contributed by atoms with Crippen molar-refractivity contribution in [2.24, 2.45) is 5.92 Å². The third kappa shape index (κ3) is 4.97. The molecule has 0 radical (unpaired) electrons. The van der Waals surface area contributed by atoms with Gasteiger partial charge in [0.05, 0.1) is 10.8 Å². The van der Waals surface area contributed by atoms with Crippen molar-refractivity contribution in [3.8, 4) is 0 Å². The summed E-state index contributed by atoms with van der Waals surface area (Å²) >= 11 is 0. The van der Waals surface area contributed by atoms with Crippen LogP contribution >= 0.6 is 0 Å². The summed E-state index contributed by atoms with van der Waals surface area (Å²) in [6.45, 7) is 2.10. The number of amides is 2. The summed E-state index contributed by atoms with van der Waals surface area (Å²) in [5, 5.41) is 2.82. The standard InChI is InChI=1S/C23H27N3O4S/c27-22-16-19(17-25(22)15-12-18-6-2-1-3-7-18)23(28)24-20-8-10-21(11-9-20)31(29,30)26-13-4-5-14-26/h1-3,6-11,19H,4-5,12-17H2,(H,24,28)/t19-/m0/s1. The number of hydrogen-bond donors (Lipinski definition) is 1. The molecule has 8 heteroatoms. The third-order valence-corrected chi connectivity index (χ3v) is 7.84. The van der Waals surface area contributed by atoms with Crippen molar-refractivity contribution in [1.29, 1.82) is 0 Å². The second-order valence-electron chi connectivity index (χ2n) is 8.10. The number of carbonyl (C=O) groups excluding carboxylic acids is 2. The van der Waals surface area contributed by atoms with Gasteiger partial charge in [0, 0.05) is 38.3 Å². The average Bonchev–Trinajstić information content (AvgIpc) is 3.44. The topological polar surface area (TPSA) is 86.8 Å². The quantitative estimate of drug-likeness (QED) is 0.715. The molecule has 2 fully saturated rings. The summed E-state index contributed by atoms with van der Waals surface area (Å²) in [5.74, 6) is -0.634. The second-order valence-corrected chi connectivity index (χ2v) is 10.0. The minimum Gasteiger partial charge on any atom is -0.342 e. The van der Waals surface area contributed by atoms with Crippen LogP contribution in [0.1, 0.15) is 24.8 Å². The lowest BCUT2D eigenvalue weighted by molar-refractivity contribution is -0.128. The number of nitrogens with zero attached hydrogens (tertiary/aromatic N) is 2. The fourth-order valence-electron chi connectivity index (χ4n) is 4.10. The van der Waals surface area contributed by atoms with Crippen LogP contribution < -0.4 is 5.32 Å². The molecule has 2 heterocycles. The highest BCUT2D eigenvalue weighted by Crippen LogP contribution is 2.24. The molecule has 2 aliphatic rings. The zero-order valence-corrected chi connectivity index (χ0v) is 18.2. The van der Waals surface area contributed by atoms with Gasteiger partial charge >= 0.3 is 0 Å². The monoisotopic (exact) mass is 441 g/mol. The van der Waals surface area contributed by atoms with Crippen LogP contribution in [0.5, 0.6) is 0 Å². The van der Waals surface area contributed by atoms with Gasteiger partial charge in [0.1, 0.15) is 0 Å². The maximum atomic E-state index is 12.7. The van der Waals surface area contributed by atoms with Crippen LogP contribution in [0.2, 0.25) is 0 Å². The van der Waals surface area contributed by atoms with Crippen molar-refractivity contribution >= 4 is 27.5 Å². The lowest BCUT2D eigenvalue weighted by Gasteiger charge is -2.17. The predicted octanol–water partition coefficient (Wildman–Crippen LogP) is 2.50. The Morgan fingerprint density at radius 3 is 2.35 bits per heavy atom. The van der Waals surface area contributed by atoms with Crippen LogP contribution in [0.25, 0.3) is 0 Å². The molecule has 2 aromatic carbocycles. The number of rotatable bonds is 7. The van der Waals surface area contributed by atoms with Crippen molar-refractivity contribution in [1.82, 2.24) is 9.21 Å². The molecule has 4 rings (SSSR count). The maximum Gasteiger partial charge on any atom is 0.243 e. The largest absolute Gasteiger partial charge is 0.342 e. The number of nitrogens with one attached hydrogen (secondary N) is 1. The van der Waals surface area contributed by atoms with E-state index in [1.165, 1.54) is 16.4 Å². The highest BCUT2D eigenvalue weighted by atomic mass is 32.2. The Labute approximate surface area is 183 Å². The molecule has 164 valence electrons. The molecule has 7 nitrogen and oxygen atoms in total. The Hall–Kier alpha value is -2.71. The van der Waals surface area contributed by atoms with Crippen LogP contribution in [-0.4, -0.2) is 55.6 Å². The van der Waals surface area contributed by atoms with E-state index in [1.54, 1.807) is 17.0 Å². The lowest BCUT2D eigenvalue weighted by Crippen LogP contribution is -2.30. The van der Waals surface area contributed by atoms with E-state index in [4.69, 9.17) is 0 Å². The van der Waals surface area contributed by atoms with Gasteiger partial charge in [-0.3, -0.25) is 9.59 Å². The van der Waals surface area contributed by atoms with Gasteiger partial charge < -0.3 is 10.2 Å². The van der Waals surface area contributed by atoms with E-state index in [1.807, 2.05) is 30.3 Å². The number of anilines is 1. The maximum absolute atomic E-state index is 12.7. The first-order valence-corrected chi connectivity index (χ1v) is 12.1. The molecule has 0 spiro atoms. The molecule has 0 saturated carbocycles. The predicted molar refractivity (Wildman–Crippen MR) is 118 cm³/mol. The highest BCUT2D eigenvalue weighted by molar-refractivity contribution is 7.89. The minimum absolute atomic E-state index is 0.0110. The zero-order chi connectivity index (χ0) is 21.8. The van der Waals surface area contributed by atoms with E-state index < -0.39 is 15.9 Å². The summed E-state index contributed by atoms with van der Waals surface area (Å²) in [6, 6.07) is 16.2. The van der Waals surface area contributed by atoms with Crippen molar-refractivity contribution < 1.29 is 18.0 Å². The second kappa shape index (κ2) is 9.20. The van der Waals surface area contributed by atoms with Gasteiger partial charge in [-0.15, -0.1) is 0 Å². The fourth-order valence-corrected chi connectivity index (χ4v) is 5.62. The van der Waals surface area contributed by atoms with Gasteiger partial charge in [-0.1, -0.05) is 30.3 Å². The Balaban J connectivity index is 1.32. The van der Waals surface area contributed by atoms with Crippen molar-refractivity contribution in [3.63, 3.8) is 0 Å². The molecule has 0 aromatic heterocycles. The van der Waals surface area contributed by atoms with E-state index in [0.717, 1.165) is 24.8 Å². The molecule has 1 N–H and O–H groups in total. The van der Waals surface area contributed by atoms with E-state index in [-0.39, 0.29) is 23.1 Å². The van der Waals surface area contributed by atoms with Gasteiger partial charge in [-0.2, -0.15) is 4.31 Å². The van der Waals surface area contributed by atoms with Crippen LogP contribution in [0.15, 0.2) is 59.5 Å². The molecular weight excluding hydrogens is 414 g/mol. The molecule has 2 aromatic rings. The first kappa shape index (κ1) is 21.5. The number of hydrogen-bond acceptors (Lipinski definition) is 4. The zero-order valence-electron chi connectivity index (χ0n) is 17.4. The molecule has 31 heavy (non-hydrogen) atoms. The summed E-state index contributed by atoms with van der Waals surface area (Å²) in [6.07, 6.45) is 2.72. The number of sulfonamides is 1. The Morgan fingerprint density at radius 1 is 1.00 bits per heavy atom. The van der Waals surface area contributed by atoms with Crippen molar-refractivity contribution in [3.05, 3.63) is 60.2 Å². The van der Waals surface area contributed by atoms with Gasteiger partial charge in [0.2, 0.25) is 21.8 Å². The first-order chi connectivity index (χ1) is 14.9. The third-order valence-electron chi connectivity index (χ3n) is 5.92. The lowest BCUT2D eigenvalue weighted by atomic mass is 10.1. The number of likely N-dealkylation sites (tertiary alicyclic amines) is 1. The Bertz CT molecular complexity index is 1030. The van der Waals surface area contributed by atoms with E-state index >= 15 is 0 Å². The highest BCUT2D eigenvalue weighted by Gasteiger charge is 2.34. The molecule has 0 aliphatic carbocycles. The van der Waals surface area contributed by atoms with E-state index in [0.29, 0.717) is 31.9 Å². The Kier molecular flexibility index (Phi) is 6.38. The van der Waals surface area contributed by atoms with Crippen LogP contribution in [0, 0.1) is 5.92 Å². The average molecular weight is 442 g/mol. The van der Waals surface area contributed by atoms with Crippen molar-refractivity contribution in [2.75, 3.05) is 31.5 Å². The molecule has 2 amide bonds. The molecular formula is C23H27N3O4S. The molecule has 2 saturated heterocycles. The van der Waals surface area contributed by atoms with Crippen LogP contribution in [-0.2, 0) is 26.0 Å². The first-order valence-electron chi connectivity index (χ1n) is 10.7. The van der Waals surface area contributed by atoms with Gasteiger partial charge in [0.25, 0.3) is 0 Å². The number of benzene rings is 2. The van der Waals surface area contributed by atoms with Gasteiger partial charge in [0.15, 0.2) is 0 Å². The van der Waals surface area contributed by atoms with Crippen LogP contribution in [0.4, 0.5) is 5.69 Å². The number of carbonyl (C=O) groups is 2. The fraction of sp³-hybridized carbons (Fsp3) is 0.391. The van der Waals surface area contributed by atoms with E-state index in [9.17, 15) is 18.0 Å². The molecule has 0 bridgehead atoms. The SMILES string of the molecule is O=C(Nc1ccc(S(=O)(=O)N2CCCC2)cc1)[C@H]1CC(=O)N(CCc2ccccc2)C1. The van der Waals surface area contributed by atoms with E-state index in [2.05, 4.69) is 5.32 Å². The molecule has 1 atom stereocenters. The van der Waals surface area contributed by atoms with Crippen molar-refractivity contribution in [2.45, 2.75) is 30.6 Å². The smallest absolute Gasteiger partial charge is 0.243 e. The Morgan fingerprint density at radius 2 is 1.68 bits per heavy atom. The summed E-state index contributed by atoms with van der Waals surface area (Å²) in [7, 11) is -3.47. The van der Waals surface area contributed by atoms with Gasteiger partial charge in [-0.25, -0.2) is 8.42 Å². The van der Waals surface area contributed by atoms with Gasteiger partial charge in [-0.05, 0) is 49.1 Å². The van der Waals surface area contributed by atoms with Crippen LogP contribution in [0.3, 0.4) is 0 Å². The minimum atomic E-state index is -3.47. The molecule has 0 unspecified atom stereocenters. The summed E-state index contributed by atoms with van der Waals surface area (Å²) in [5.41, 5.74) is 1.69. The summed E-state index contributed by atoms with van der Waals surface area (Å²) in [4.78, 5) is 26.9. The molecule has 2 aliphatic heterocycles.